The minimum atomic E-state index is -8.04. The summed E-state index contributed by atoms with van der Waals surface area (Å²) in [6.45, 7) is 0. The second-order valence-corrected chi connectivity index (χ2v) is 7.82. The van der Waals surface area contributed by atoms with Gasteiger partial charge in [0.1, 0.15) is 0 Å². The van der Waals surface area contributed by atoms with Crippen LogP contribution < -0.4 is 5.56 Å². The maximum absolute atomic E-state index is 14.3. The van der Waals surface area contributed by atoms with Gasteiger partial charge in [-0.05, 0) is 5.56 Å². The number of fused-ring (bicyclic) bond motifs is 1. The molecule has 192 valence electrons. The summed E-state index contributed by atoms with van der Waals surface area (Å²) in [5.74, 6) is -40.8. The molecule has 0 atom stereocenters. The van der Waals surface area contributed by atoms with Crippen LogP contribution in [0.3, 0.4) is 0 Å². The van der Waals surface area contributed by atoms with E-state index in [2.05, 4.69) is 10.1 Å². The second-order valence-electron chi connectivity index (χ2n) is 6.81. The number of alkyl halides is 13. The molecule has 0 N–H and O–H groups in total. The molecule has 4 nitrogen and oxygen atoms in total. The molecule has 3 rings (SSSR count). The van der Waals surface area contributed by atoms with E-state index in [-0.39, 0.29) is 15.0 Å². The standard InChI is InChI=1S/C17H6F13N3OS/c18-12(19,13(20,21)14(22,23)15(24,25)16(26,27)17(28,29)30)10-31-11-33(32-10)9(34)6-8(35-11)7-4-2-1-3-5-7/h1-6H. The molecule has 0 aliphatic heterocycles. The largest absolute Gasteiger partial charge is 0.460 e. The van der Waals surface area contributed by atoms with Gasteiger partial charge in [0.2, 0.25) is 10.8 Å². The molecule has 18 heteroatoms. The number of halogens is 13. The number of nitrogens with zero attached hydrogens (tertiary/aromatic N) is 3. The molecule has 3 aromatic rings. The maximum atomic E-state index is 14.3. The van der Waals surface area contributed by atoms with Crippen LogP contribution in [0.25, 0.3) is 15.4 Å². The average Bonchev–Trinajstić information content (AvgIpc) is 3.18. The predicted octanol–water partition coefficient (Wildman–Crippen LogP) is 6.01. The molecule has 0 radical (unpaired) electrons. The Morgan fingerprint density at radius 2 is 1.23 bits per heavy atom. The topological polar surface area (TPSA) is 47.3 Å². The molecular weight excluding hydrogens is 541 g/mol. The van der Waals surface area contributed by atoms with E-state index in [1.807, 2.05) is 0 Å². The average molecular weight is 547 g/mol. The summed E-state index contributed by atoms with van der Waals surface area (Å²) in [7, 11) is 0. The lowest BCUT2D eigenvalue weighted by molar-refractivity contribution is -0.442. The van der Waals surface area contributed by atoms with E-state index in [0.717, 1.165) is 6.07 Å². The summed E-state index contributed by atoms with van der Waals surface area (Å²) in [5, 5.41) is 2.58. The van der Waals surface area contributed by atoms with Crippen molar-refractivity contribution in [3.63, 3.8) is 0 Å². The van der Waals surface area contributed by atoms with Gasteiger partial charge in [-0.2, -0.15) is 66.6 Å². The third-order valence-corrected chi connectivity index (χ3v) is 5.53. The van der Waals surface area contributed by atoms with E-state index < -0.39 is 52.1 Å². The second kappa shape index (κ2) is 7.79. The monoisotopic (exact) mass is 547 g/mol. The lowest BCUT2D eigenvalue weighted by Gasteiger charge is -2.38. The predicted molar refractivity (Wildman–Crippen MR) is 92.3 cm³/mol. The van der Waals surface area contributed by atoms with Gasteiger partial charge in [0.05, 0.1) is 0 Å². The molecule has 0 bridgehead atoms. The molecule has 0 saturated heterocycles. The van der Waals surface area contributed by atoms with Crippen LogP contribution in [0.1, 0.15) is 5.82 Å². The summed E-state index contributed by atoms with van der Waals surface area (Å²) < 4.78 is 173. The van der Waals surface area contributed by atoms with Gasteiger partial charge in [-0.15, -0.1) is 5.10 Å². The van der Waals surface area contributed by atoms with E-state index in [1.54, 1.807) is 6.07 Å². The van der Waals surface area contributed by atoms with E-state index in [0.29, 0.717) is 11.3 Å². The highest BCUT2D eigenvalue weighted by Crippen LogP contribution is 2.61. The Morgan fingerprint density at radius 3 is 1.74 bits per heavy atom. The molecule has 0 saturated carbocycles. The molecule has 0 aliphatic rings. The number of hydrogen-bond donors (Lipinski definition) is 0. The van der Waals surface area contributed by atoms with Gasteiger partial charge in [-0.1, -0.05) is 41.7 Å². The van der Waals surface area contributed by atoms with Gasteiger partial charge in [0.15, 0.2) is 0 Å². The zero-order valence-electron chi connectivity index (χ0n) is 16.0. The van der Waals surface area contributed by atoms with Crippen LogP contribution in [0.2, 0.25) is 0 Å². The first kappa shape index (κ1) is 26.7. The SMILES string of the molecule is O=c1cc(-c2ccccc2)sc2nc(C(F)(F)C(F)(F)C(F)(F)C(F)(F)C(F)(F)C(F)(F)F)nn12. The molecular formula is C17H6F13N3OS. The smallest absolute Gasteiger partial charge is 0.267 e. The lowest BCUT2D eigenvalue weighted by atomic mass is 9.93. The molecule has 0 spiro atoms. The first-order valence-corrected chi connectivity index (χ1v) is 9.44. The van der Waals surface area contributed by atoms with Crippen LogP contribution in [-0.4, -0.2) is 44.5 Å². The van der Waals surface area contributed by atoms with Crippen LogP contribution in [0, 0.1) is 0 Å². The van der Waals surface area contributed by atoms with E-state index >= 15 is 0 Å². The summed E-state index contributed by atoms with van der Waals surface area (Å²) >= 11 is 0.329. The molecule has 0 amide bonds. The number of benzene rings is 1. The van der Waals surface area contributed by atoms with Crippen LogP contribution in [-0.2, 0) is 5.92 Å². The summed E-state index contributed by atoms with van der Waals surface area (Å²) in [6.07, 6.45) is -7.51. The normalized spacial score (nSPS) is 14.5. The van der Waals surface area contributed by atoms with Gasteiger partial charge in [0.25, 0.3) is 5.56 Å². The van der Waals surface area contributed by atoms with Crippen LogP contribution in [0.4, 0.5) is 57.1 Å². The summed E-state index contributed by atoms with van der Waals surface area (Å²) in [4.78, 5) is 13.9. The van der Waals surface area contributed by atoms with Crippen molar-refractivity contribution in [3.05, 3.63) is 52.6 Å². The van der Waals surface area contributed by atoms with Crippen molar-refractivity contribution in [2.24, 2.45) is 0 Å². The quantitative estimate of drug-likeness (QED) is 0.355. The van der Waals surface area contributed by atoms with Crippen molar-refractivity contribution in [2.45, 2.75) is 35.8 Å². The fourth-order valence-corrected chi connectivity index (χ4v) is 3.56. The maximum Gasteiger partial charge on any atom is 0.460 e. The van der Waals surface area contributed by atoms with Gasteiger partial charge in [-0.3, -0.25) is 4.79 Å². The Morgan fingerprint density at radius 1 is 0.714 bits per heavy atom. The number of aromatic nitrogens is 3. The van der Waals surface area contributed by atoms with E-state index in [4.69, 9.17) is 0 Å². The first-order chi connectivity index (χ1) is 15.7. The highest BCUT2D eigenvalue weighted by Gasteiger charge is 2.91. The summed E-state index contributed by atoms with van der Waals surface area (Å²) in [5.41, 5.74) is -1.05. The van der Waals surface area contributed by atoms with E-state index in [1.165, 1.54) is 24.3 Å². The van der Waals surface area contributed by atoms with Gasteiger partial charge in [-0.25, -0.2) is 0 Å². The lowest BCUT2D eigenvalue weighted by Crippen LogP contribution is -2.69. The third kappa shape index (κ3) is 3.72. The minimum absolute atomic E-state index is 0.0150. The zero-order chi connectivity index (χ0) is 26.8. The van der Waals surface area contributed by atoms with Crippen molar-refractivity contribution in [1.82, 2.24) is 14.6 Å². The van der Waals surface area contributed by atoms with Gasteiger partial charge in [0, 0.05) is 10.9 Å². The van der Waals surface area contributed by atoms with Crippen molar-refractivity contribution < 1.29 is 57.1 Å². The van der Waals surface area contributed by atoms with Crippen LogP contribution in [0.5, 0.6) is 0 Å². The third-order valence-electron chi connectivity index (χ3n) is 4.51. The zero-order valence-corrected chi connectivity index (χ0v) is 16.9. The van der Waals surface area contributed by atoms with Gasteiger partial charge < -0.3 is 0 Å². The van der Waals surface area contributed by atoms with Crippen molar-refractivity contribution in [2.75, 3.05) is 0 Å². The highest BCUT2D eigenvalue weighted by molar-refractivity contribution is 7.19. The van der Waals surface area contributed by atoms with Gasteiger partial charge >= 0.3 is 35.8 Å². The number of hydrogen-bond acceptors (Lipinski definition) is 4. The molecule has 2 aromatic heterocycles. The minimum Gasteiger partial charge on any atom is -0.267 e. The summed E-state index contributed by atoms with van der Waals surface area (Å²) in [6, 6.07) is 8.05. The molecule has 0 unspecified atom stereocenters. The molecule has 0 aliphatic carbocycles. The Hall–Kier alpha value is -2.92. The molecule has 0 fully saturated rings. The number of rotatable bonds is 6. The molecule has 1 aromatic carbocycles. The van der Waals surface area contributed by atoms with Crippen LogP contribution in [0.15, 0.2) is 41.2 Å². The Bertz CT molecular complexity index is 1300. The Kier molecular flexibility index (Phi) is 5.94. The van der Waals surface area contributed by atoms with Crippen molar-refractivity contribution >= 4 is 16.3 Å². The molecule has 2 heterocycles. The first-order valence-electron chi connectivity index (χ1n) is 8.63. The van der Waals surface area contributed by atoms with E-state index in [9.17, 15) is 61.9 Å². The van der Waals surface area contributed by atoms with Crippen molar-refractivity contribution in [1.29, 1.82) is 0 Å². The fraction of sp³-hybridized carbons (Fsp3) is 0.353. The fourth-order valence-electron chi connectivity index (χ4n) is 2.60. The Labute approximate surface area is 187 Å². The van der Waals surface area contributed by atoms with Crippen molar-refractivity contribution in [3.8, 4) is 10.4 Å². The highest BCUT2D eigenvalue weighted by atomic mass is 32.1. The molecule has 35 heavy (non-hydrogen) atoms. The Balaban J connectivity index is 2.14. The van der Waals surface area contributed by atoms with Crippen LogP contribution >= 0.6 is 11.3 Å².